The summed E-state index contributed by atoms with van der Waals surface area (Å²) in [5.74, 6) is 2.40. The molecular weight excluding hydrogens is 186 g/mol. The van der Waals surface area contributed by atoms with Crippen LogP contribution in [0.1, 0.15) is 20.3 Å². The second-order valence-corrected chi connectivity index (χ2v) is 5.41. The van der Waals surface area contributed by atoms with E-state index in [9.17, 15) is 0 Å². The van der Waals surface area contributed by atoms with Gasteiger partial charge in [0, 0.05) is 18.1 Å². The van der Waals surface area contributed by atoms with Gasteiger partial charge in [-0.2, -0.15) is 0 Å². The molecule has 0 saturated carbocycles. The third-order valence-electron chi connectivity index (χ3n) is 1.31. The Balaban J connectivity index is 2.86. The average molecular weight is 205 g/mol. The maximum Gasteiger partial charge on any atom is 0.0162 e. The quantitative estimate of drug-likeness (QED) is 0.372. The van der Waals surface area contributed by atoms with E-state index in [0.29, 0.717) is 0 Å². The minimum Gasteiger partial charge on any atom is -0.316 e. The Kier molecular flexibility index (Phi) is 9.80. The first-order chi connectivity index (χ1) is 5.77. The molecule has 0 amide bonds. The van der Waals surface area contributed by atoms with Gasteiger partial charge in [0.05, 0.1) is 0 Å². The molecule has 0 saturated heterocycles. The van der Waals surface area contributed by atoms with Crippen LogP contribution in [0.3, 0.4) is 0 Å². The summed E-state index contributed by atoms with van der Waals surface area (Å²) in [6.45, 7) is 10.3. The summed E-state index contributed by atoms with van der Waals surface area (Å²) >= 11 is 0. The molecular formula is C9H19NS2. The lowest BCUT2D eigenvalue weighted by Crippen LogP contribution is -2.15. The van der Waals surface area contributed by atoms with Gasteiger partial charge in [-0.3, -0.25) is 0 Å². The highest BCUT2D eigenvalue weighted by molar-refractivity contribution is 8.76. The summed E-state index contributed by atoms with van der Waals surface area (Å²) in [4.78, 5) is 0. The van der Waals surface area contributed by atoms with Crippen LogP contribution in [0, 0.1) is 0 Å². The van der Waals surface area contributed by atoms with Crippen molar-refractivity contribution >= 4 is 21.6 Å². The van der Waals surface area contributed by atoms with Gasteiger partial charge in [-0.05, 0) is 19.9 Å². The Bertz CT molecular complexity index is 115. The van der Waals surface area contributed by atoms with Gasteiger partial charge in [0.2, 0.25) is 0 Å². The number of rotatable bonds is 8. The molecule has 1 N–H and O–H groups in total. The molecule has 0 aromatic heterocycles. The van der Waals surface area contributed by atoms with E-state index in [1.807, 2.05) is 21.6 Å². The maximum absolute atomic E-state index is 3.87. The lowest BCUT2D eigenvalue weighted by Gasteiger charge is -2.01. The molecule has 1 nitrogen and oxygen atoms in total. The average Bonchev–Trinajstić information content (AvgIpc) is 2.02. The molecule has 0 aromatic carbocycles. The predicted molar refractivity (Wildman–Crippen MR) is 62.9 cm³/mol. The molecule has 0 radical (unpaired) electrons. The first kappa shape index (κ1) is 12.4. The molecule has 3 heteroatoms. The van der Waals surface area contributed by atoms with E-state index in [2.05, 4.69) is 25.7 Å². The van der Waals surface area contributed by atoms with Crippen LogP contribution in [0.15, 0.2) is 12.2 Å². The SMILES string of the molecule is C=C(C)CCSSCCNCC. The van der Waals surface area contributed by atoms with Crippen molar-refractivity contribution in [1.29, 1.82) is 0 Å². The summed E-state index contributed by atoms with van der Waals surface area (Å²) in [5, 5.41) is 3.30. The standard InChI is InChI=1S/C9H19NS2/c1-4-10-6-8-12-11-7-5-9(2)3/h10H,2,4-8H2,1,3H3. The molecule has 0 bridgehead atoms. The van der Waals surface area contributed by atoms with Crippen LogP contribution in [0.25, 0.3) is 0 Å². The van der Waals surface area contributed by atoms with Crippen molar-refractivity contribution in [2.45, 2.75) is 20.3 Å². The first-order valence-corrected chi connectivity index (χ1v) is 6.85. The monoisotopic (exact) mass is 205 g/mol. The van der Waals surface area contributed by atoms with Gasteiger partial charge in [-0.25, -0.2) is 0 Å². The zero-order valence-electron chi connectivity index (χ0n) is 8.06. The summed E-state index contributed by atoms with van der Waals surface area (Å²) < 4.78 is 0. The fourth-order valence-corrected chi connectivity index (χ4v) is 2.73. The van der Waals surface area contributed by atoms with Crippen LogP contribution in [-0.2, 0) is 0 Å². The van der Waals surface area contributed by atoms with Crippen molar-refractivity contribution in [2.75, 3.05) is 24.6 Å². The van der Waals surface area contributed by atoms with Gasteiger partial charge in [0.25, 0.3) is 0 Å². The number of allylic oxidation sites excluding steroid dienone is 1. The normalized spacial score (nSPS) is 10.2. The summed E-state index contributed by atoms with van der Waals surface area (Å²) in [6, 6.07) is 0. The molecule has 0 aliphatic heterocycles. The van der Waals surface area contributed by atoms with Gasteiger partial charge < -0.3 is 5.32 Å². The van der Waals surface area contributed by atoms with Crippen molar-refractivity contribution in [3.63, 3.8) is 0 Å². The molecule has 12 heavy (non-hydrogen) atoms. The Hall–Kier alpha value is 0.400. The third kappa shape index (κ3) is 10.4. The van der Waals surface area contributed by atoms with E-state index in [4.69, 9.17) is 0 Å². The van der Waals surface area contributed by atoms with E-state index in [1.54, 1.807) is 0 Å². The fraction of sp³-hybridized carbons (Fsp3) is 0.778. The van der Waals surface area contributed by atoms with Crippen molar-refractivity contribution in [2.24, 2.45) is 0 Å². The summed E-state index contributed by atoms with van der Waals surface area (Å²) in [6.07, 6.45) is 1.15. The van der Waals surface area contributed by atoms with E-state index in [-0.39, 0.29) is 0 Å². The number of hydrogen-bond donors (Lipinski definition) is 1. The lowest BCUT2D eigenvalue weighted by molar-refractivity contribution is 0.769. The minimum atomic E-state index is 1.08. The van der Waals surface area contributed by atoms with Crippen molar-refractivity contribution < 1.29 is 0 Å². The van der Waals surface area contributed by atoms with Gasteiger partial charge in [0.1, 0.15) is 0 Å². The molecule has 0 heterocycles. The van der Waals surface area contributed by atoms with Crippen molar-refractivity contribution in [3.05, 3.63) is 12.2 Å². The molecule has 0 atom stereocenters. The van der Waals surface area contributed by atoms with Gasteiger partial charge in [-0.1, -0.05) is 34.1 Å². The van der Waals surface area contributed by atoms with Gasteiger partial charge in [-0.15, -0.1) is 6.58 Å². The van der Waals surface area contributed by atoms with Crippen LogP contribution in [-0.4, -0.2) is 24.6 Å². The first-order valence-electron chi connectivity index (χ1n) is 4.37. The predicted octanol–water partition coefficient (Wildman–Crippen LogP) is 2.94. The largest absolute Gasteiger partial charge is 0.316 e. The highest BCUT2D eigenvalue weighted by atomic mass is 33.1. The summed E-state index contributed by atoms with van der Waals surface area (Å²) in [5.41, 5.74) is 1.29. The molecule has 72 valence electrons. The zero-order valence-corrected chi connectivity index (χ0v) is 9.69. The molecule has 0 unspecified atom stereocenters. The summed E-state index contributed by atoms with van der Waals surface area (Å²) in [7, 11) is 3.90. The topological polar surface area (TPSA) is 12.0 Å². The third-order valence-corrected chi connectivity index (χ3v) is 3.72. The van der Waals surface area contributed by atoms with Crippen LogP contribution < -0.4 is 5.32 Å². The molecule has 0 fully saturated rings. The van der Waals surface area contributed by atoms with Crippen molar-refractivity contribution in [1.82, 2.24) is 5.32 Å². The Morgan fingerprint density at radius 1 is 1.33 bits per heavy atom. The van der Waals surface area contributed by atoms with E-state index >= 15 is 0 Å². The highest BCUT2D eigenvalue weighted by Gasteiger charge is 1.90. The highest BCUT2D eigenvalue weighted by Crippen LogP contribution is 2.22. The second-order valence-electron chi connectivity index (χ2n) is 2.70. The van der Waals surface area contributed by atoms with Crippen molar-refractivity contribution in [3.8, 4) is 0 Å². The molecule has 0 spiro atoms. The van der Waals surface area contributed by atoms with E-state index in [0.717, 1.165) is 19.5 Å². The minimum absolute atomic E-state index is 1.08. The zero-order chi connectivity index (χ0) is 9.23. The molecule has 0 aromatic rings. The van der Waals surface area contributed by atoms with Crippen LogP contribution >= 0.6 is 21.6 Å². The number of nitrogens with one attached hydrogen (secondary N) is 1. The van der Waals surface area contributed by atoms with E-state index < -0.39 is 0 Å². The van der Waals surface area contributed by atoms with Crippen LogP contribution in [0.5, 0.6) is 0 Å². The van der Waals surface area contributed by atoms with Crippen LogP contribution in [0.4, 0.5) is 0 Å². The Labute approximate surface area is 84.2 Å². The smallest absolute Gasteiger partial charge is 0.0162 e. The molecule has 0 aliphatic rings. The molecule has 0 aliphatic carbocycles. The fourth-order valence-electron chi connectivity index (χ4n) is 0.624. The van der Waals surface area contributed by atoms with Gasteiger partial charge in [0.15, 0.2) is 0 Å². The number of hydrogen-bond acceptors (Lipinski definition) is 3. The maximum atomic E-state index is 3.87. The molecule has 0 rings (SSSR count). The second kappa shape index (κ2) is 9.49. The lowest BCUT2D eigenvalue weighted by atomic mass is 10.3. The van der Waals surface area contributed by atoms with Crippen LogP contribution in [0.2, 0.25) is 0 Å². The Morgan fingerprint density at radius 2 is 2.00 bits per heavy atom. The Morgan fingerprint density at radius 3 is 2.58 bits per heavy atom. The van der Waals surface area contributed by atoms with Gasteiger partial charge >= 0.3 is 0 Å². The van der Waals surface area contributed by atoms with E-state index in [1.165, 1.54) is 17.1 Å².